The molecule has 0 amide bonds. The van der Waals surface area contributed by atoms with Crippen molar-refractivity contribution >= 4 is 37.3 Å². The quantitative estimate of drug-likeness (QED) is 0.438. The van der Waals surface area contributed by atoms with E-state index in [0.717, 1.165) is 67.3 Å². The maximum absolute atomic E-state index is 12.1. The monoisotopic (exact) mass is 546 g/mol. The normalized spacial score (nSPS) is 18.0. The predicted molar refractivity (Wildman–Crippen MR) is 146 cm³/mol. The first-order valence-corrected chi connectivity index (χ1v) is 15.3. The van der Waals surface area contributed by atoms with Gasteiger partial charge in [-0.25, -0.2) is 23.4 Å². The highest BCUT2D eigenvalue weighted by Gasteiger charge is 2.24. The summed E-state index contributed by atoms with van der Waals surface area (Å²) >= 11 is 1.69. The van der Waals surface area contributed by atoms with Crippen molar-refractivity contribution in [1.82, 2.24) is 24.8 Å². The summed E-state index contributed by atoms with van der Waals surface area (Å²) < 4.78 is 36.2. The first kappa shape index (κ1) is 26.2. The van der Waals surface area contributed by atoms with Crippen LogP contribution in [0.15, 0.2) is 12.3 Å². The lowest BCUT2D eigenvalue weighted by molar-refractivity contribution is 0.122. The van der Waals surface area contributed by atoms with Crippen LogP contribution < -0.4 is 9.64 Å². The number of ether oxygens (including phenoxy) is 2. The second-order valence-electron chi connectivity index (χ2n) is 9.83. The molecule has 2 aliphatic rings. The van der Waals surface area contributed by atoms with E-state index in [0.29, 0.717) is 30.6 Å². The Morgan fingerprint density at radius 3 is 2.51 bits per heavy atom. The number of thiophene rings is 1. The Morgan fingerprint density at radius 1 is 1.11 bits per heavy atom. The zero-order valence-corrected chi connectivity index (χ0v) is 23.5. The number of morpholine rings is 1. The van der Waals surface area contributed by atoms with Gasteiger partial charge in [-0.1, -0.05) is 0 Å². The Morgan fingerprint density at radius 2 is 1.84 bits per heavy atom. The summed E-state index contributed by atoms with van der Waals surface area (Å²) in [7, 11) is 0.384. The maximum Gasteiger partial charge on any atom is 0.226 e. The molecule has 10 nitrogen and oxygen atoms in total. The number of nitrogens with zero attached hydrogens (tertiary/aromatic N) is 6. The molecule has 0 spiro atoms. The van der Waals surface area contributed by atoms with E-state index in [2.05, 4.69) is 33.7 Å². The standard InChI is InChI=1S/C25H34N6O4S2/c1-17-20(15-30-7-5-29(2)6-8-30)22-23(36-17)21(27-25(28-22)31-9-11-35-12-10-31)18-13-19(16-37(4,32)33)24(34-3)26-14-18/h13-14H,5-12,15-16H2,1-4H3. The number of sulfone groups is 1. The minimum Gasteiger partial charge on any atom is -0.481 e. The Hall–Kier alpha value is -2.38. The second kappa shape index (κ2) is 10.8. The molecule has 37 heavy (non-hydrogen) atoms. The molecule has 0 saturated carbocycles. The number of piperazine rings is 1. The molecular formula is C25H34N6O4S2. The van der Waals surface area contributed by atoms with Crippen LogP contribution in [0.25, 0.3) is 21.5 Å². The van der Waals surface area contributed by atoms with Crippen molar-refractivity contribution in [3.8, 4) is 17.1 Å². The van der Waals surface area contributed by atoms with Crippen LogP contribution in [0, 0.1) is 6.92 Å². The molecule has 3 aromatic heterocycles. The number of aromatic nitrogens is 3. The third-order valence-corrected chi connectivity index (χ3v) is 8.88. The molecule has 0 atom stereocenters. The van der Waals surface area contributed by atoms with Gasteiger partial charge in [0.2, 0.25) is 11.8 Å². The fourth-order valence-corrected chi connectivity index (χ4v) is 6.72. The number of pyridine rings is 1. The largest absolute Gasteiger partial charge is 0.481 e. The number of methoxy groups -OCH3 is 1. The first-order chi connectivity index (χ1) is 17.7. The number of hydrogen-bond acceptors (Lipinski definition) is 11. The average Bonchev–Trinajstić information content (AvgIpc) is 3.19. The highest BCUT2D eigenvalue weighted by molar-refractivity contribution is 7.89. The van der Waals surface area contributed by atoms with Gasteiger partial charge in [-0.2, -0.15) is 0 Å². The summed E-state index contributed by atoms with van der Waals surface area (Å²) in [4.78, 5) is 22.8. The van der Waals surface area contributed by atoms with Crippen molar-refractivity contribution in [2.45, 2.75) is 19.2 Å². The van der Waals surface area contributed by atoms with Crippen LogP contribution in [-0.4, -0.2) is 106 Å². The molecule has 200 valence electrons. The molecule has 12 heteroatoms. The smallest absolute Gasteiger partial charge is 0.226 e. The molecule has 5 rings (SSSR count). The summed E-state index contributed by atoms with van der Waals surface area (Å²) in [6, 6.07) is 1.84. The summed E-state index contributed by atoms with van der Waals surface area (Å²) in [5, 5.41) is 0. The minimum atomic E-state index is -3.28. The Balaban J connectivity index is 1.63. The highest BCUT2D eigenvalue weighted by atomic mass is 32.2. The lowest BCUT2D eigenvalue weighted by Crippen LogP contribution is -2.43. The van der Waals surface area contributed by atoms with Crippen LogP contribution >= 0.6 is 11.3 Å². The fourth-order valence-electron chi connectivity index (χ4n) is 4.83. The van der Waals surface area contributed by atoms with E-state index < -0.39 is 9.84 Å². The third-order valence-electron chi connectivity index (χ3n) is 6.90. The van der Waals surface area contributed by atoms with Gasteiger partial charge < -0.3 is 19.3 Å². The van der Waals surface area contributed by atoms with Crippen molar-refractivity contribution in [1.29, 1.82) is 0 Å². The van der Waals surface area contributed by atoms with Crippen LogP contribution in [0.5, 0.6) is 5.88 Å². The molecule has 0 bridgehead atoms. The van der Waals surface area contributed by atoms with E-state index in [9.17, 15) is 8.42 Å². The van der Waals surface area contributed by atoms with Crippen LogP contribution in [0.3, 0.4) is 0 Å². The van der Waals surface area contributed by atoms with Gasteiger partial charge in [0.15, 0.2) is 9.84 Å². The van der Waals surface area contributed by atoms with E-state index in [-0.39, 0.29) is 5.75 Å². The zero-order valence-electron chi connectivity index (χ0n) is 21.9. The van der Waals surface area contributed by atoms with Crippen LogP contribution in [0.2, 0.25) is 0 Å². The van der Waals surface area contributed by atoms with Crippen molar-refractivity contribution in [2.24, 2.45) is 0 Å². The van der Waals surface area contributed by atoms with Crippen molar-refractivity contribution in [3.05, 3.63) is 28.3 Å². The minimum absolute atomic E-state index is 0.153. The highest BCUT2D eigenvalue weighted by Crippen LogP contribution is 2.39. The van der Waals surface area contributed by atoms with Crippen molar-refractivity contribution in [3.63, 3.8) is 0 Å². The van der Waals surface area contributed by atoms with E-state index in [1.54, 1.807) is 17.5 Å². The Bertz CT molecular complexity index is 1380. The van der Waals surface area contributed by atoms with Crippen molar-refractivity contribution < 1.29 is 17.9 Å². The lowest BCUT2D eigenvalue weighted by Gasteiger charge is -2.32. The number of anilines is 1. The molecule has 0 aromatic carbocycles. The molecular weight excluding hydrogens is 512 g/mol. The van der Waals surface area contributed by atoms with E-state index in [1.807, 2.05) is 6.07 Å². The molecule has 3 aromatic rings. The second-order valence-corrected chi connectivity index (χ2v) is 13.2. The van der Waals surface area contributed by atoms with Gasteiger partial charge in [0.25, 0.3) is 0 Å². The van der Waals surface area contributed by atoms with Gasteiger partial charge in [0.1, 0.15) is 0 Å². The molecule has 0 unspecified atom stereocenters. The van der Waals surface area contributed by atoms with E-state index in [1.165, 1.54) is 23.8 Å². The Kier molecular flexibility index (Phi) is 7.64. The molecule has 0 aliphatic carbocycles. The molecule has 5 heterocycles. The fraction of sp³-hybridized carbons (Fsp3) is 0.560. The van der Waals surface area contributed by atoms with Crippen molar-refractivity contribution in [2.75, 3.05) is 77.8 Å². The number of likely N-dealkylation sites (N-methyl/N-ethyl adjacent to an activating group) is 1. The summed E-state index contributed by atoms with van der Waals surface area (Å²) in [5.74, 6) is 0.828. The summed E-state index contributed by atoms with van der Waals surface area (Å²) in [5.41, 5.74) is 4.25. The van der Waals surface area contributed by atoms with Gasteiger partial charge in [-0.05, 0) is 20.0 Å². The maximum atomic E-state index is 12.1. The third kappa shape index (κ3) is 5.88. The zero-order chi connectivity index (χ0) is 26.2. The first-order valence-electron chi connectivity index (χ1n) is 12.5. The topological polar surface area (TPSA) is 101 Å². The number of fused-ring (bicyclic) bond motifs is 1. The number of rotatable bonds is 7. The summed E-state index contributed by atoms with van der Waals surface area (Å²) in [6.07, 6.45) is 2.93. The van der Waals surface area contributed by atoms with Crippen LogP contribution in [0.4, 0.5) is 5.95 Å². The molecule has 0 N–H and O–H groups in total. The molecule has 2 aliphatic heterocycles. The lowest BCUT2D eigenvalue weighted by atomic mass is 10.1. The average molecular weight is 547 g/mol. The number of hydrogen-bond donors (Lipinski definition) is 0. The number of aryl methyl sites for hydroxylation is 1. The van der Waals surface area contributed by atoms with Gasteiger partial charge in [-0.3, -0.25) is 4.90 Å². The van der Waals surface area contributed by atoms with Crippen LogP contribution in [0.1, 0.15) is 16.0 Å². The van der Waals surface area contributed by atoms with Gasteiger partial charge in [-0.15, -0.1) is 11.3 Å². The van der Waals surface area contributed by atoms with Gasteiger partial charge >= 0.3 is 0 Å². The van der Waals surface area contributed by atoms with Gasteiger partial charge in [0.05, 0.1) is 42.0 Å². The predicted octanol–water partition coefficient (Wildman–Crippen LogP) is 2.20. The summed E-state index contributed by atoms with van der Waals surface area (Å²) in [6.45, 7) is 9.88. The molecule has 0 radical (unpaired) electrons. The molecule has 2 fully saturated rings. The van der Waals surface area contributed by atoms with E-state index >= 15 is 0 Å². The van der Waals surface area contributed by atoms with Gasteiger partial charge in [0, 0.05) is 79.8 Å². The SMILES string of the molecule is COc1ncc(-c2nc(N3CCOCC3)nc3c(CN4CCN(C)CC4)c(C)sc23)cc1CS(C)(=O)=O. The molecule has 2 saturated heterocycles. The van der Waals surface area contributed by atoms with Crippen LogP contribution in [-0.2, 0) is 26.9 Å². The van der Waals surface area contributed by atoms with E-state index in [4.69, 9.17) is 19.4 Å². The Labute approximate surface area is 222 Å².